The number of halogens is 1. The van der Waals surface area contributed by atoms with E-state index < -0.39 is 5.92 Å². The zero-order valence-corrected chi connectivity index (χ0v) is 16.9. The predicted octanol–water partition coefficient (Wildman–Crippen LogP) is 5.08. The molecule has 1 heterocycles. The van der Waals surface area contributed by atoms with Crippen LogP contribution in [0.1, 0.15) is 43.7 Å². The molecule has 0 fully saturated rings. The number of allylic oxidation sites excluding steroid dienone is 1. The normalized spacial score (nSPS) is 17.0. The Kier molecular flexibility index (Phi) is 6.53. The van der Waals surface area contributed by atoms with Gasteiger partial charge in [-0.2, -0.15) is 0 Å². The Hall–Kier alpha value is -2.59. The molecule has 2 aromatic carbocycles. The fourth-order valence-corrected chi connectivity index (χ4v) is 3.97. The molecule has 0 aromatic heterocycles. The van der Waals surface area contributed by atoms with Crippen molar-refractivity contribution in [2.75, 3.05) is 6.61 Å². The smallest absolute Gasteiger partial charge is 0.336 e. The second-order valence-corrected chi connectivity index (χ2v) is 7.09. The molecule has 5 heteroatoms. The lowest BCUT2D eigenvalue weighted by molar-refractivity contribution is -0.140. The monoisotopic (exact) mass is 397 g/mol. The third-order valence-electron chi connectivity index (χ3n) is 4.96. The fourth-order valence-electron chi connectivity index (χ4n) is 3.71. The maximum Gasteiger partial charge on any atom is 0.336 e. The molecule has 0 radical (unpaired) electrons. The molecule has 1 aliphatic rings. The van der Waals surface area contributed by atoms with Crippen LogP contribution in [0.4, 0.5) is 0 Å². The van der Waals surface area contributed by atoms with Gasteiger partial charge in [-0.25, -0.2) is 4.79 Å². The molecule has 28 heavy (non-hydrogen) atoms. The lowest BCUT2D eigenvalue weighted by Gasteiger charge is -2.36. The van der Waals surface area contributed by atoms with Gasteiger partial charge in [0, 0.05) is 23.1 Å². The van der Waals surface area contributed by atoms with E-state index in [2.05, 4.69) is 0 Å². The van der Waals surface area contributed by atoms with E-state index in [9.17, 15) is 9.59 Å². The summed E-state index contributed by atoms with van der Waals surface area (Å²) in [7, 11) is 0. The van der Waals surface area contributed by atoms with E-state index in [1.807, 2.05) is 55.5 Å². The van der Waals surface area contributed by atoms with Gasteiger partial charge in [0.05, 0.1) is 18.7 Å². The summed E-state index contributed by atoms with van der Waals surface area (Å²) in [5.74, 6) is -0.796. The van der Waals surface area contributed by atoms with Crippen molar-refractivity contribution in [2.24, 2.45) is 0 Å². The van der Waals surface area contributed by atoms with Gasteiger partial charge in [0.25, 0.3) is 0 Å². The molecule has 2 aromatic rings. The van der Waals surface area contributed by atoms with E-state index in [0.717, 1.165) is 11.1 Å². The van der Waals surface area contributed by atoms with Gasteiger partial charge in [0.1, 0.15) is 0 Å². The van der Waals surface area contributed by atoms with Crippen molar-refractivity contribution in [3.63, 3.8) is 0 Å². The lowest BCUT2D eigenvalue weighted by Crippen LogP contribution is -2.38. The Morgan fingerprint density at radius 2 is 1.79 bits per heavy atom. The Bertz CT molecular complexity index is 892. The first-order valence-electron chi connectivity index (χ1n) is 9.55. The minimum atomic E-state index is -0.401. The van der Waals surface area contributed by atoms with Crippen molar-refractivity contribution < 1.29 is 14.3 Å². The largest absolute Gasteiger partial charge is 0.463 e. The molecule has 1 aliphatic heterocycles. The van der Waals surface area contributed by atoms with E-state index in [1.165, 1.54) is 0 Å². The van der Waals surface area contributed by atoms with Crippen LogP contribution in [-0.2, 0) is 20.9 Å². The number of hydrogen-bond acceptors (Lipinski definition) is 3. The van der Waals surface area contributed by atoms with E-state index in [0.29, 0.717) is 29.3 Å². The number of rotatable bonds is 6. The average molecular weight is 398 g/mol. The zero-order chi connectivity index (χ0) is 20.1. The van der Waals surface area contributed by atoms with Gasteiger partial charge in [0.15, 0.2) is 0 Å². The number of hydrogen-bond donors (Lipinski definition) is 0. The van der Waals surface area contributed by atoms with Crippen molar-refractivity contribution in [1.29, 1.82) is 0 Å². The highest BCUT2D eigenvalue weighted by molar-refractivity contribution is 6.31. The van der Waals surface area contributed by atoms with Crippen molar-refractivity contribution in [1.82, 2.24) is 4.90 Å². The van der Waals surface area contributed by atoms with Crippen LogP contribution >= 0.6 is 11.6 Å². The summed E-state index contributed by atoms with van der Waals surface area (Å²) in [6.45, 7) is 4.45. The van der Waals surface area contributed by atoms with E-state index in [1.54, 1.807) is 17.9 Å². The Balaban J connectivity index is 2.10. The highest BCUT2D eigenvalue weighted by Gasteiger charge is 2.38. The summed E-state index contributed by atoms with van der Waals surface area (Å²) in [5.41, 5.74) is 3.04. The molecular weight excluding hydrogens is 374 g/mol. The summed E-state index contributed by atoms with van der Waals surface area (Å²) in [5, 5.41) is 0.550. The minimum Gasteiger partial charge on any atom is -0.463 e. The lowest BCUT2D eigenvalue weighted by atomic mass is 9.82. The van der Waals surface area contributed by atoms with Crippen LogP contribution < -0.4 is 0 Å². The van der Waals surface area contributed by atoms with Gasteiger partial charge in [-0.1, -0.05) is 67.1 Å². The topological polar surface area (TPSA) is 46.6 Å². The molecule has 0 saturated heterocycles. The van der Waals surface area contributed by atoms with Crippen LogP contribution in [0.15, 0.2) is 65.9 Å². The van der Waals surface area contributed by atoms with Gasteiger partial charge >= 0.3 is 5.97 Å². The van der Waals surface area contributed by atoms with Crippen molar-refractivity contribution in [3.8, 4) is 0 Å². The SMILES string of the molecule is CCOC(=O)C1=C(CC)N(Cc2ccccc2)C(=O)C[C@H]1c1ccccc1Cl. The molecule has 0 unspecified atom stereocenters. The summed E-state index contributed by atoms with van der Waals surface area (Å²) in [4.78, 5) is 27.7. The number of nitrogens with zero attached hydrogens (tertiary/aromatic N) is 1. The standard InChI is InChI=1S/C23H24ClNO3/c1-3-20-22(23(27)28-4-2)18(17-12-8-9-13-19(17)24)14-21(26)25(20)15-16-10-6-5-7-11-16/h5-13,18H,3-4,14-15H2,1-2H3/t18-/m0/s1. The van der Waals surface area contributed by atoms with E-state index >= 15 is 0 Å². The number of benzene rings is 2. The van der Waals surface area contributed by atoms with E-state index in [4.69, 9.17) is 16.3 Å². The van der Waals surface area contributed by atoms with E-state index in [-0.39, 0.29) is 24.9 Å². The van der Waals surface area contributed by atoms with Gasteiger partial charge in [0.2, 0.25) is 5.91 Å². The maximum absolute atomic E-state index is 13.1. The van der Waals surface area contributed by atoms with Crippen molar-refractivity contribution >= 4 is 23.5 Å². The molecule has 0 N–H and O–H groups in total. The summed E-state index contributed by atoms with van der Waals surface area (Å²) in [6, 6.07) is 17.1. The quantitative estimate of drug-likeness (QED) is 0.638. The molecule has 3 rings (SSSR count). The Labute approximate surface area is 170 Å². The first-order chi connectivity index (χ1) is 13.6. The average Bonchev–Trinajstić information content (AvgIpc) is 2.70. The van der Waals surface area contributed by atoms with Crippen LogP contribution in [0.3, 0.4) is 0 Å². The first kappa shape index (κ1) is 20.2. The number of carbonyl (C=O) groups excluding carboxylic acids is 2. The van der Waals surface area contributed by atoms with Crippen LogP contribution in [-0.4, -0.2) is 23.4 Å². The van der Waals surface area contributed by atoms with Crippen LogP contribution in [0.2, 0.25) is 5.02 Å². The molecule has 0 spiro atoms. The molecular formula is C23H24ClNO3. The van der Waals surface area contributed by atoms with Crippen LogP contribution in [0, 0.1) is 0 Å². The summed E-state index contributed by atoms with van der Waals surface area (Å²) >= 11 is 6.41. The van der Waals surface area contributed by atoms with Crippen LogP contribution in [0.5, 0.6) is 0 Å². The molecule has 0 aliphatic carbocycles. The number of carbonyl (C=O) groups is 2. The van der Waals surface area contributed by atoms with Crippen LogP contribution in [0.25, 0.3) is 0 Å². The second-order valence-electron chi connectivity index (χ2n) is 6.68. The van der Waals surface area contributed by atoms with Crippen molar-refractivity contribution in [3.05, 3.63) is 82.0 Å². The van der Waals surface area contributed by atoms with Gasteiger partial charge in [-0.05, 0) is 30.5 Å². The fraction of sp³-hybridized carbons (Fsp3) is 0.304. The number of ether oxygens (including phenoxy) is 1. The highest BCUT2D eigenvalue weighted by Crippen LogP contribution is 2.41. The Morgan fingerprint density at radius 3 is 2.43 bits per heavy atom. The minimum absolute atomic E-state index is 0.0151. The first-order valence-corrected chi connectivity index (χ1v) is 9.93. The maximum atomic E-state index is 13.1. The van der Waals surface area contributed by atoms with Crippen molar-refractivity contribution in [2.45, 2.75) is 39.2 Å². The molecule has 0 bridgehead atoms. The molecule has 0 saturated carbocycles. The van der Waals surface area contributed by atoms with Gasteiger partial charge < -0.3 is 9.64 Å². The molecule has 1 amide bonds. The third kappa shape index (κ3) is 4.12. The summed E-state index contributed by atoms with van der Waals surface area (Å²) in [6.07, 6.45) is 0.738. The number of esters is 1. The number of amides is 1. The van der Waals surface area contributed by atoms with Gasteiger partial charge in [-0.3, -0.25) is 4.79 Å². The highest BCUT2D eigenvalue weighted by atomic mass is 35.5. The second kappa shape index (κ2) is 9.07. The zero-order valence-electron chi connectivity index (χ0n) is 16.2. The van der Waals surface area contributed by atoms with Gasteiger partial charge in [-0.15, -0.1) is 0 Å². The summed E-state index contributed by atoms with van der Waals surface area (Å²) < 4.78 is 5.36. The molecule has 146 valence electrons. The Morgan fingerprint density at radius 1 is 1.11 bits per heavy atom. The predicted molar refractivity (Wildman–Crippen MR) is 110 cm³/mol. The third-order valence-corrected chi connectivity index (χ3v) is 5.30. The molecule has 1 atom stereocenters. The molecule has 4 nitrogen and oxygen atoms in total.